The summed E-state index contributed by atoms with van der Waals surface area (Å²) in [7, 11) is 0. The number of benzene rings is 2. The van der Waals surface area contributed by atoms with Gasteiger partial charge >= 0.3 is 0 Å². The first-order valence-electron chi connectivity index (χ1n) is 6.39. The summed E-state index contributed by atoms with van der Waals surface area (Å²) in [5.74, 6) is -0.387. The summed E-state index contributed by atoms with van der Waals surface area (Å²) in [4.78, 5) is 12.2. The fourth-order valence-corrected chi connectivity index (χ4v) is 2.55. The molecule has 0 spiro atoms. The lowest BCUT2D eigenvalue weighted by Gasteiger charge is -2.22. The van der Waals surface area contributed by atoms with Crippen molar-refractivity contribution in [3.05, 3.63) is 65.2 Å². The Morgan fingerprint density at radius 1 is 1.16 bits per heavy atom. The second-order valence-electron chi connectivity index (χ2n) is 4.76. The molecule has 2 N–H and O–H groups in total. The summed E-state index contributed by atoms with van der Waals surface area (Å²) >= 11 is 0. The third-order valence-electron chi connectivity index (χ3n) is 3.65. The summed E-state index contributed by atoms with van der Waals surface area (Å²) < 4.78 is 0. The van der Waals surface area contributed by atoms with Gasteiger partial charge in [-0.2, -0.15) is 0 Å². The molecule has 1 unspecified atom stereocenters. The molecule has 19 heavy (non-hydrogen) atoms. The van der Waals surface area contributed by atoms with Gasteiger partial charge in [0.2, 0.25) is 0 Å². The maximum absolute atomic E-state index is 12.2. The van der Waals surface area contributed by atoms with Gasteiger partial charge in [0.15, 0.2) is 5.60 Å². The van der Waals surface area contributed by atoms with Crippen LogP contribution in [-0.2, 0) is 16.8 Å². The number of amides is 1. The standard InChI is InChI=1S/C16H15NO2/c1-2-11-6-5-7-12(10-11)16(19)13-8-3-4-9-14(13)17-15(16)18/h3-10,19H,2H2,1H3,(H,17,18). The van der Waals surface area contributed by atoms with Gasteiger partial charge in [-0.3, -0.25) is 4.79 Å². The molecule has 0 saturated heterocycles. The topological polar surface area (TPSA) is 49.3 Å². The number of hydrogen-bond donors (Lipinski definition) is 2. The van der Waals surface area contributed by atoms with Crippen molar-refractivity contribution in [1.29, 1.82) is 0 Å². The highest BCUT2D eigenvalue weighted by Gasteiger charge is 2.46. The third-order valence-corrected chi connectivity index (χ3v) is 3.65. The first-order valence-corrected chi connectivity index (χ1v) is 6.39. The second kappa shape index (κ2) is 4.21. The Labute approximate surface area is 111 Å². The van der Waals surface area contributed by atoms with Crippen LogP contribution >= 0.6 is 0 Å². The van der Waals surface area contributed by atoms with E-state index in [0.717, 1.165) is 12.0 Å². The molecule has 2 aromatic rings. The third kappa shape index (κ3) is 1.66. The Hall–Kier alpha value is -2.13. The highest BCUT2D eigenvalue weighted by Crippen LogP contribution is 2.40. The molecule has 3 nitrogen and oxygen atoms in total. The molecule has 0 fully saturated rings. The minimum Gasteiger partial charge on any atom is -0.372 e. The van der Waals surface area contributed by atoms with Gasteiger partial charge in [0.1, 0.15) is 0 Å². The molecule has 1 heterocycles. The van der Waals surface area contributed by atoms with Gasteiger partial charge in [-0.25, -0.2) is 0 Å². The number of hydrogen-bond acceptors (Lipinski definition) is 2. The average Bonchev–Trinajstić information content (AvgIpc) is 2.72. The number of rotatable bonds is 2. The van der Waals surface area contributed by atoms with Crippen LogP contribution in [0.2, 0.25) is 0 Å². The van der Waals surface area contributed by atoms with Crippen LogP contribution in [0, 0.1) is 0 Å². The maximum Gasteiger partial charge on any atom is 0.265 e. The van der Waals surface area contributed by atoms with Crippen LogP contribution in [0.15, 0.2) is 48.5 Å². The van der Waals surface area contributed by atoms with E-state index < -0.39 is 5.60 Å². The van der Waals surface area contributed by atoms with Gasteiger partial charge < -0.3 is 10.4 Å². The number of aryl methyl sites for hydroxylation is 1. The van der Waals surface area contributed by atoms with Gasteiger partial charge in [-0.05, 0) is 23.6 Å². The Morgan fingerprint density at radius 3 is 2.74 bits per heavy atom. The minimum atomic E-state index is -1.58. The minimum absolute atomic E-state index is 0.387. The normalized spacial score (nSPS) is 21.1. The van der Waals surface area contributed by atoms with E-state index in [4.69, 9.17) is 0 Å². The van der Waals surface area contributed by atoms with Crippen molar-refractivity contribution in [3.63, 3.8) is 0 Å². The lowest BCUT2D eigenvalue weighted by Crippen LogP contribution is -2.35. The van der Waals surface area contributed by atoms with E-state index in [2.05, 4.69) is 5.32 Å². The average molecular weight is 253 g/mol. The van der Waals surface area contributed by atoms with E-state index in [1.54, 1.807) is 18.2 Å². The lowest BCUT2D eigenvalue weighted by molar-refractivity contribution is -0.129. The van der Waals surface area contributed by atoms with Crippen molar-refractivity contribution >= 4 is 11.6 Å². The van der Waals surface area contributed by atoms with Crippen molar-refractivity contribution in [2.75, 3.05) is 5.32 Å². The predicted octanol–water partition coefficient (Wildman–Crippen LogP) is 2.44. The molecule has 0 aliphatic carbocycles. The van der Waals surface area contributed by atoms with Crippen molar-refractivity contribution < 1.29 is 9.90 Å². The molecule has 2 aromatic carbocycles. The molecule has 0 aromatic heterocycles. The molecule has 96 valence electrons. The van der Waals surface area contributed by atoms with Crippen molar-refractivity contribution in [3.8, 4) is 0 Å². The quantitative estimate of drug-likeness (QED) is 0.863. The van der Waals surface area contributed by atoms with Crippen molar-refractivity contribution in [2.24, 2.45) is 0 Å². The largest absolute Gasteiger partial charge is 0.372 e. The van der Waals surface area contributed by atoms with Gasteiger partial charge in [0, 0.05) is 11.3 Å². The van der Waals surface area contributed by atoms with Crippen LogP contribution in [0.4, 0.5) is 5.69 Å². The van der Waals surface area contributed by atoms with Gasteiger partial charge in [-0.1, -0.05) is 49.4 Å². The highest BCUT2D eigenvalue weighted by atomic mass is 16.3. The fourth-order valence-electron chi connectivity index (χ4n) is 2.55. The van der Waals surface area contributed by atoms with Crippen LogP contribution in [0.25, 0.3) is 0 Å². The number of anilines is 1. The Balaban J connectivity index is 2.19. The van der Waals surface area contributed by atoms with E-state index in [0.29, 0.717) is 16.8 Å². The van der Waals surface area contributed by atoms with Gasteiger partial charge in [0.05, 0.1) is 0 Å². The molecule has 1 atom stereocenters. The zero-order valence-electron chi connectivity index (χ0n) is 10.7. The SMILES string of the molecule is CCc1cccc(C2(O)C(=O)Nc3ccccc32)c1. The van der Waals surface area contributed by atoms with Crippen LogP contribution in [0.1, 0.15) is 23.6 Å². The summed E-state index contributed by atoms with van der Waals surface area (Å²) in [6.07, 6.45) is 0.868. The number of aliphatic hydroxyl groups is 1. The Kier molecular flexibility index (Phi) is 2.64. The number of carbonyl (C=O) groups is 1. The Bertz CT molecular complexity index is 651. The van der Waals surface area contributed by atoms with Crippen LogP contribution < -0.4 is 5.32 Å². The van der Waals surface area contributed by atoms with Crippen LogP contribution in [0.3, 0.4) is 0 Å². The molecule has 0 bridgehead atoms. The molecule has 0 saturated carbocycles. The molecule has 1 amide bonds. The monoisotopic (exact) mass is 253 g/mol. The lowest BCUT2D eigenvalue weighted by atomic mass is 9.86. The van der Waals surface area contributed by atoms with E-state index in [-0.39, 0.29) is 5.91 Å². The zero-order valence-corrected chi connectivity index (χ0v) is 10.7. The van der Waals surface area contributed by atoms with Crippen molar-refractivity contribution in [1.82, 2.24) is 0 Å². The second-order valence-corrected chi connectivity index (χ2v) is 4.76. The van der Waals surface area contributed by atoms with E-state index in [1.165, 1.54) is 0 Å². The zero-order chi connectivity index (χ0) is 13.5. The first kappa shape index (κ1) is 11.9. The molecule has 1 aliphatic heterocycles. The smallest absolute Gasteiger partial charge is 0.265 e. The number of carbonyl (C=O) groups excluding carboxylic acids is 1. The highest BCUT2D eigenvalue weighted by molar-refractivity contribution is 6.07. The molecule has 1 aliphatic rings. The maximum atomic E-state index is 12.2. The van der Waals surface area contributed by atoms with E-state index in [9.17, 15) is 9.90 Å². The fraction of sp³-hybridized carbons (Fsp3) is 0.188. The van der Waals surface area contributed by atoms with Gasteiger partial charge in [-0.15, -0.1) is 0 Å². The molecule has 0 radical (unpaired) electrons. The van der Waals surface area contributed by atoms with Gasteiger partial charge in [0.25, 0.3) is 5.91 Å². The first-order chi connectivity index (χ1) is 9.16. The van der Waals surface area contributed by atoms with E-state index in [1.807, 2.05) is 37.3 Å². The van der Waals surface area contributed by atoms with Crippen molar-refractivity contribution in [2.45, 2.75) is 18.9 Å². The van der Waals surface area contributed by atoms with Crippen LogP contribution in [-0.4, -0.2) is 11.0 Å². The number of fused-ring (bicyclic) bond motifs is 1. The predicted molar refractivity (Wildman–Crippen MR) is 73.9 cm³/mol. The Morgan fingerprint density at radius 2 is 1.95 bits per heavy atom. The summed E-state index contributed by atoms with van der Waals surface area (Å²) in [6, 6.07) is 14.8. The summed E-state index contributed by atoms with van der Waals surface area (Å²) in [6.45, 7) is 2.05. The molecule has 3 heteroatoms. The van der Waals surface area contributed by atoms with E-state index >= 15 is 0 Å². The van der Waals surface area contributed by atoms with Crippen LogP contribution in [0.5, 0.6) is 0 Å². The number of para-hydroxylation sites is 1. The number of nitrogens with one attached hydrogen (secondary N) is 1. The summed E-state index contributed by atoms with van der Waals surface area (Å²) in [5.41, 5.74) is 1.43. The molecular formula is C16H15NO2. The molecular weight excluding hydrogens is 238 g/mol. The summed E-state index contributed by atoms with van der Waals surface area (Å²) in [5, 5.41) is 13.6. The molecule has 3 rings (SSSR count).